The molecule has 9 heteroatoms. The van der Waals surface area contributed by atoms with E-state index in [4.69, 9.17) is 25.8 Å². The highest BCUT2D eigenvalue weighted by Gasteiger charge is 2.28. The summed E-state index contributed by atoms with van der Waals surface area (Å²) in [6.45, 7) is 12.2. The van der Waals surface area contributed by atoms with Crippen molar-refractivity contribution in [2.75, 3.05) is 6.61 Å². The first-order valence-corrected chi connectivity index (χ1v) is 12.9. The van der Waals surface area contributed by atoms with E-state index in [1.165, 1.54) is 11.8 Å². The normalized spacial score (nSPS) is 13.5. The molecule has 0 saturated heterocycles. The van der Waals surface area contributed by atoms with Crippen LogP contribution in [0.2, 0.25) is 5.02 Å². The van der Waals surface area contributed by atoms with Crippen molar-refractivity contribution >= 4 is 35.6 Å². The number of benzene rings is 2. The second-order valence-corrected chi connectivity index (χ2v) is 12.3. The first kappa shape index (κ1) is 29.8. The molecule has 198 valence electrons. The number of aryl methyl sites for hydroxylation is 1. The Labute approximate surface area is 222 Å². The molecule has 7 nitrogen and oxygen atoms in total. The molecule has 0 spiro atoms. The van der Waals surface area contributed by atoms with Gasteiger partial charge in [0.2, 0.25) is 0 Å². The van der Waals surface area contributed by atoms with Gasteiger partial charge in [-0.1, -0.05) is 35.5 Å². The lowest BCUT2D eigenvalue weighted by atomic mass is 9.94. The van der Waals surface area contributed by atoms with E-state index in [-0.39, 0.29) is 6.61 Å². The van der Waals surface area contributed by atoms with Crippen LogP contribution < -0.4 is 10.1 Å². The second-order valence-electron chi connectivity index (χ2n) is 10.7. The molecule has 1 amide bonds. The minimum absolute atomic E-state index is 0.237. The van der Waals surface area contributed by atoms with Gasteiger partial charge in [0.25, 0.3) is 0 Å². The summed E-state index contributed by atoms with van der Waals surface area (Å²) >= 11 is 8.02. The van der Waals surface area contributed by atoms with E-state index >= 15 is 0 Å². The Bertz CT molecular complexity index is 1060. The Morgan fingerprint density at radius 3 is 2.17 bits per heavy atom. The van der Waals surface area contributed by atoms with Gasteiger partial charge in [0.05, 0.1) is 12.1 Å². The van der Waals surface area contributed by atoms with Gasteiger partial charge < -0.3 is 24.6 Å². The number of ether oxygens (including phenoxy) is 3. The summed E-state index contributed by atoms with van der Waals surface area (Å²) in [5, 5.41) is 13.2. The molecule has 0 aliphatic heterocycles. The van der Waals surface area contributed by atoms with Gasteiger partial charge >= 0.3 is 12.2 Å². The van der Waals surface area contributed by atoms with Gasteiger partial charge in [0.15, 0.2) is 0 Å². The summed E-state index contributed by atoms with van der Waals surface area (Å²) in [6, 6.07) is 12.9. The van der Waals surface area contributed by atoms with Crippen LogP contribution in [-0.4, -0.2) is 40.7 Å². The van der Waals surface area contributed by atoms with Gasteiger partial charge in [0, 0.05) is 14.8 Å². The van der Waals surface area contributed by atoms with Crippen LogP contribution in [-0.2, 0) is 15.9 Å². The molecule has 2 rings (SSSR count). The van der Waals surface area contributed by atoms with Gasteiger partial charge in [-0.2, -0.15) is 0 Å². The van der Waals surface area contributed by atoms with Crippen molar-refractivity contribution in [2.24, 2.45) is 0 Å². The van der Waals surface area contributed by atoms with Crippen LogP contribution in [0.5, 0.6) is 5.75 Å². The number of carbonyl (C=O) groups excluding carboxylic acids is 2. The number of nitrogens with one attached hydrogen (secondary N) is 1. The standard InChI is InChI=1S/C27H36ClNO6S/c1-25(2,3)34-23(31)29-27(7,17-30)14-13-18-11-12-21(16-22(18)28)36-20-10-8-9-19(15-20)33-24(32)35-26(4,5)6/h8-12,15-16,30H,13-14,17H2,1-7H3,(H,29,31)/t27-/m1/s1. The van der Waals surface area contributed by atoms with Crippen LogP contribution in [0, 0.1) is 0 Å². The molecule has 0 radical (unpaired) electrons. The Balaban J connectivity index is 2.01. The predicted molar refractivity (Wildman–Crippen MR) is 142 cm³/mol. The fourth-order valence-electron chi connectivity index (χ4n) is 3.04. The number of hydrogen-bond acceptors (Lipinski definition) is 7. The molecule has 0 aromatic heterocycles. The van der Waals surface area contributed by atoms with E-state index in [0.717, 1.165) is 15.4 Å². The van der Waals surface area contributed by atoms with Crippen LogP contribution in [0.3, 0.4) is 0 Å². The molecule has 0 bridgehead atoms. The van der Waals surface area contributed by atoms with Crippen LogP contribution in [0.1, 0.15) is 60.5 Å². The summed E-state index contributed by atoms with van der Waals surface area (Å²) in [4.78, 5) is 25.9. The largest absolute Gasteiger partial charge is 0.514 e. The molecule has 0 unspecified atom stereocenters. The number of rotatable bonds is 8. The third-order valence-electron chi connectivity index (χ3n) is 4.75. The summed E-state index contributed by atoms with van der Waals surface area (Å²) in [5.74, 6) is 0.387. The highest BCUT2D eigenvalue weighted by molar-refractivity contribution is 7.99. The average Bonchev–Trinajstić information content (AvgIpc) is 2.70. The number of aliphatic hydroxyl groups excluding tert-OH is 1. The highest BCUT2D eigenvalue weighted by atomic mass is 35.5. The van der Waals surface area contributed by atoms with Gasteiger partial charge in [0.1, 0.15) is 17.0 Å². The van der Waals surface area contributed by atoms with Crippen molar-refractivity contribution in [1.29, 1.82) is 0 Å². The number of halogens is 1. The van der Waals surface area contributed by atoms with E-state index in [0.29, 0.717) is 23.6 Å². The zero-order valence-electron chi connectivity index (χ0n) is 21.9. The molecule has 0 fully saturated rings. The van der Waals surface area contributed by atoms with Crippen LogP contribution >= 0.6 is 23.4 Å². The minimum Gasteiger partial charge on any atom is -0.444 e. The zero-order chi connectivity index (χ0) is 27.1. The summed E-state index contributed by atoms with van der Waals surface area (Å²) < 4.78 is 15.8. The van der Waals surface area contributed by atoms with Crippen molar-refractivity contribution in [1.82, 2.24) is 5.32 Å². The average molecular weight is 538 g/mol. The topological polar surface area (TPSA) is 94.1 Å². The lowest BCUT2D eigenvalue weighted by molar-refractivity contribution is 0.0205. The quantitative estimate of drug-likeness (QED) is 0.276. The van der Waals surface area contributed by atoms with Gasteiger partial charge in [-0.3, -0.25) is 0 Å². The molecule has 1 atom stereocenters. The maximum atomic E-state index is 12.2. The summed E-state index contributed by atoms with van der Waals surface area (Å²) in [5.41, 5.74) is -1.22. The van der Waals surface area contributed by atoms with Crippen LogP contribution in [0.4, 0.5) is 9.59 Å². The zero-order valence-corrected chi connectivity index (χ0v) is 23.5. The third kappa shape index (κ3) is 10.7. The van der Waals surface area contributed by atoms with Gasteiger partial charge in [-0.05, 0) is 97.2 Å². The van der Waals surface area contributed by atoms with Crippen molar-refractivity contribution in [3.63, 3.8) is 0 Å². The van der Waals surface area contributed by atoms with Crippen molar-refractivity contribution in [3.8, 4) is 5.75 Å². The lowest BCUT2D eigenvalue weighted by Gasteiger charge is -2.30. The number of carbonyl (C=O) groups is 2. The van der Waals surface area contributed by atoms with Crippen LogP contribution in [0.15, 0.2) is 52.3 Å². The molecule has 0 saturated carbocycles. The fourth-order valence-corrected chi connectivity index (χ4v) is 4.29. The lowest BCUT2D eigenvalue weighted by Crippen LogP contribution is -2.50. The van der Waals surface area contributed by atoms with Crippen molar-refractivity contribution in [2.45, 2.75) is 87.8 Å². The number of aliphatic hydroxyl groups is 1. The summed E-state index contributed by atoms with van der Waals surface area (Å²) in [6.07, 6.45) is -0.308. The van der Waals surface area contributed by atoms with Gasteiger partial charge in [-0.25, -0.2) is 9.59 Å². The Kier molecular flexibility index (Phi) is 10.1. The van der Waals surface area contributed by atoms with Crippen molar-refractivity contribution in [3.05, 3.63) is 53.1 Å². The highest BCUT2D eigenvalue weighted by Crippen LogP contribution is 2.33. The minimum atomic E-state index is -0.854. The number of amides is 1. The van der Waals surface area contributed by atoms with Crippen molar-refractivity contribution < 1.29 is 28.9 Å². The molecule has 2 N–H and O–H groups in total. The Morgan fingerprint density at radius 1 is 0.944 bits per heavy atom. The first-order valence-electron chi connectivity index (χ1n) is 11.7. The van der Waals surface area contributed by atoms with E-state index in [1.54, 1.807) is 66.7 Å². The van der Waals surface area contributed by atoms with E-state index in [9.17, 15) is 14.7 Å². The fraction of sp³-hybridized carbons (Fsp3) is 0.481. The molecular formula is C27H36ClNO6S. The molecule has 2 aromatic carbocycles. The number of alkyl carbamates (subject to hydrolysis) is 1. The molecule has 0 heterocycles. The third-order valence-corrected chi connectivity index (χ3v) is 6.09. The maximum Gasteiger partial charge on any atom is 0.514 e. The molecule has 2 aromatic rings. The second kappa shape index (κ2) is 12.2. The molecule has 0 aliphatic carbocycles. The van der Waals surface area contributed by atoms with E-state index < -0.39 is 29.0 Å². The van der Waals surface area contributed by atoms with Crippen LogP contribution in [0.25, 0.3) is 0 Å². The summed E-state index contributed by atoms with van der Waals surface area (Å²) in [7, 11) is 0. The van der Waals surface area contributed by atoms with Gasteiger partial charge in [-0.15, -0.1) is 0 Å². The Hall–Kier alpha value is -2.42. The maximum absolute atomic E-state index is 12.2. The SMILES string of the molecule is CC(C)(C)OC(=O)N[C@@](C)(CO)CCc1ccc(Sc2cccc(OC(=O)OC(C)(C)C)c2)cc1Cl. The molecular weight excluding hydrogens is 502 g/mol. The monoisotopic (exact) mass is 537 g/mol. The predicted octanol–water partition coefficient (Wildman–Crippen LogP) is 7.01. The molecule has 0 aliphatic rings. The smallest absolute Gasteiger partial charge is 0.444 e. The van der Waals surface area contributed by atoms with E-state index in [1.807, 2.05) is 24.3 Å². The number of hydrogen-bond donors (Lipinski definition) is 2. The van der Waals surface area contributed by atoms with E-state index in [2.05, 4.69) is 5.32 Å². The first-order chi connectivity index (χ1) is 16.6. The Morgan fingerprint density at radius 2 is 1.58 bits per heavy atom. The molecule has 36 heavy (non-hydrogen) atoms.